The Balaban J connectivity index is 1.64. The number of carboxylic acid groups (broad SMARTS) is 1. The second-order valence-electron chi connectivity index (χ2n) is 6.84. The third-order valence-corrected chi connectivity index (χ3v) is 5.15. The number of carbonyl (C=O) groups is 2. The van der Waals surface area contributed by atoms with Crippen molar-refractivity contribution in [3.05, 3.63) is 53.3 Å². The Morgan fingerprint density at radius 2 is 1.78 bits per heavy atom. The number of nitrogens with zero attached hydrogens (tertiary/aromatic N) is 1. The first-order valence-electron chi connectivity index (χ1n) is 8.99. The summed E-state index contributed by atoms with van der Waals surface area (Å²) in [5.74, 6) is -0.0650. The summed E-state index contributed by atoms with van der Waals surface area (Å²) in [7, 11) is 0. The van der Waals surface area contributed by atoms with Gasteiger partial charge in [-0.1, -0.05) is 18.9 Å². The molecule has 1 amide bonds. The van der Waals surface area contributed by atoms with E-state index in [4.69, 9.17) is 14.6 Å². The molecule has 2 heterocycles. The molecule has 0 unspecified atom stereocenters. The molecule has 1 aliphatic heterocycles. The first kappa shape index (κ1) is 17.3. The van der Waals surface area contributed by atoms with Gasteiger partial charge in [0.1, 0.15) is 18.9 Å². The number of fused-ring (bicyclic) bond motifs is 1. The molecule has 0 atom stereocenters. The molecule has 7 heteroatoms. The van der Waals surface area contributed by atoms with Crippen molar-refractivity contribution in [2.75, 3.05) is 13.2 Å². The molecule has 1 aliphatic carbocycles. The molecule has 1 saturated carbocycles. The van der Waals surface area contributed by atoms with Gasteiger partial charge in [-0.15, -0.1) is 0 Å². The van der Waals surface area contributed by atoms with Crippen molar-refractivity contribution < 1.29 is 24.2 Å². The van der Waals surface area contributed by atoms with Crippen molar-refractivity contribution in [1.29, 1.82) is 0 Å². The standard InChI is InChI=1S/C20H20N2O5/c23-18(13-5-8-21-15(11-13)19(24)25)22-20(6-1-2-7-20)14-3-4-16-17(12-14)27-10-9-26-16/h3-5,8,11-12H,1-2,6-7,9-10H2,(H,22,23)(H,24,25). The van der Waals surface area contributed by atoms with Crippen LogP contribution in [0.5, 0.6) is 11.5 Å². The van der Waals surface area contributed by atoms with E-state index in [9.17, 15) is 9.59 Å². The minimum atomic E-state index is -1.16. The lowest BCUT2D eigenvalue weighted by atomic mass is 9.87. The summed E-state index contributed by atoms with van der Waals surface area (Å²) in [6, 6.07) is 8.60. The van der Waals surface area contributed by atoms with Crippen molar-refractivity contribution in [1.82, 2.24) is 10.3 Å². The van der Waals surface area contributed by atoms with Gasteiger partial charge in [-0.05, 0) is 42.7 Å². The zero-order valence-electron chi connectivity index (χ0n) is 14.7. The van der Waals surface area contributed by atoms with E-state index in [0.717, 1.165) is 31.2 Å². The molecule has 0 bridgehead atoms. The summed E-state index contributed by atoms with van der Waals surface area (Å²) in [6.45, 7) is 1.03. The number of carbonyl (C=O) groups excluding carboxylic acids is 1. The third kappa shape index (κ3) is 3.32. The van der Waals surface area contributed by atoms with Crippen molar-refractivity contribution in [2.45, 2.75) is 31.2 Å². The number of nitrogens with one attached hydrogen (secondary N) is 1. The van der Waals surface area contributed by atoms with Crippen molar-refractivity contribution in [2.24, 2.45) is 0 Å². The summed E-state index contributed by atoms with van der Waals surface area (Å²) >= 11 is 0. The van der Waals surface area contributed by atoms with Crippen molar-refractivity contribution in [3.63, 3.8) is 0 Å². The van der Waals surface area contributed by atoms with Crippen LogP contribution in [0.15, 0.2) is 36.5 Å². The topological polar surface area (TPSA) is 97.8 Å². The highest BCUT2D eigenvalue weighted by atomic mass is 16.6. The van der Waals surface area contributed by atoms with E-state index in [1.54, 1.807) is 0 Å². The number of benzene rings is 1. The summed E-state index contributed by atoms with van der Waals surface area (Å²) in [6.07, 6.45) is 4.98. The molecule has 1 fully saturated rings. The van der Waals surface area contributed by atoms with Gasteiger partial charge in [-0.25, -0.2) is 9.78 Å². The SMILES string of the molecule is O=C(NC1(c2ccc3c(c2)OCCO3)CCCC1)c1ccnc(C(=O)O)c1. The van der Waals surface area contributed by atoms with Crippen LogP contribution in [0.3, 0.4) is 0 Å². The lowest BCUT2D eigenvalue weighted by Crippen LogP contribution is -2.44. The molecule has 1 aromatic carbocycles. The van der Waals surface area contributed by atoms with Crippen LogP contribution in [0, 0.1) is 0 Å². The van der Waals surface area contributed by atoms with E-state index >= 15 is 0 Å². The average Bonchev–Trinajstić information content (AvgIpc) is 3.17. The lowest BCUT2D eigenvalue weighted by molar-refractivity contribution is 0.0690. The molecule has 7 nitrogen and oxygen atoms in total. The Morgan fingerprint density at radius 3 is 2.52 bits per heavy atom. The number of pyridine rings is 1. The fraction of sp³-hybridized carbons (Fsp3) is 0.350. The third-order valence-electron chi connectivity index (χ3n) is 5.15. The van der Waals surface area contributed by atoms with E-state index in [0.29, 0.717) is 24.7 Å². The molecule has 2 aliphatic rings. The van der Waals surface area contributed by atoms with E-state index in [1.807, 2.05) is 18.2 Å². The van der Waals surface area contributed by atoms with E-state index in [2.05, 4.69) is 10.3 Å². The molecule has 1 aromatic heterocycles. The predicted octanol–water partition coefficient (Wildman–Crippen LogP) is 2.75. The van der Waals surface area contributed by atoms with Crippen LogP contribution in [0.4, 0.5) is 0 Å². The molecule has 2 N–H and O–H groups in total. The Kier molecular flexibility index (Phi) is 4.43. The summed E-state index contributed by atoms with van der Waals surface area (Å²) in [5.41, 5.74) is 0.610. The smallest absolute Gasteiger partial charge is 0.354 e. The maximum Gasteiger partial charge on any atom is 0.354 e. The number of rotatable bonds is 4. The van der Waals surface area contributed by atoms with Gasteiger partial charge in [0.25, 0.3) is 5.91 Å². The van der Waals surface area contributed by atoms with Gasteiger partial charge in [0.2, 0.25) is 0 Å². The van der Waals surface area contributed by atoms with Crippen LogP contribution in [0.25, 0.3) is 0 Å². The highest BCUT2D eigenvalue weighted by molar-refractivity contribution is 5.97. The molecule has 0 saturated heterocycles. The van der Waals surface area contributed by atoms with Gasteiger partial charge >= 0.3 is 5.97 Å². The summed E-state index contributed by atoms with van der Waals surface area (Å²) in [4.78, 5) is 27.7. The Bertz CT molecular complexity index is 890. The fourth-order valence-corrected chi connectivity index (χ4v) is 3.78. The van der Waals surface area contributed by atoms with Gasteiger partial charge in [0.15, 0.2) is 11.5 Å². The monoisotopic (exact) mass is 368 g/mol. The minimum absolute atomic E-state index is 0.151. The number of aromatic carboxylic acids is 1. The van der Waals surface area contributed by atoms with Gasteiger partial charge in [0, 0.05) is 11.8 Å². The highest BCUT2D eigenvalue weighted by Gasteiger charge is 2.38. The lowest BCUT2D eigenvalue weighted by Gasteiger charge is -2.32. The number of amides is 1. The van der Waals surface area contributed by atoms with Crippen LogP contribution in [-0.2, 0) is 5.54 Å². The molecule has 2 aromatic rings. The quantitative estimate of drug-likeness (QED) is 0.861. The van der Waals surface area contributed by atoms with Crippen molar-refractivity contribution in [3.8, 4) is 11.5 Å². The maximum absolute atomic E-state index is 12.9. The first-order valence-corrected chi connectivity index (χ1v) is 8.99. The Hall–Kier alpha value is -3.09. The van der Waals surface area contributed by atoms with Crippen LogP contribution >= 0.6 is 0 Å². The predicted molar refractivity (Wildman–Crippen MR) is 96.2 cm³/mol. The average molecular weight is 368 g/mol. The number of carboxylic acids is 1. The maximum atomic E-state index is 12.9. The minimum Gasteiger partial charge on any atom is -0.486 e. The number of hydrogen-bond donors (Lipinski definition) is 2. The second-order valence-corrected chi connectivity index (χ2v) is 6.84. The number of ether oxygens (including phenoxy) is 2. The van der Waals surface area contributed by atoms with E-state index in [-0.39, 0.29) is 17.2 Å². The van der Waals surface area contributed by atoms with Crippen LogP contribution < -0.4 is 14.8 Å². The highest BCUT2D eigenvalue weighted by Crippen LogP contribution is 2.42. The second kappa shape index (κ2) is 6.90. The van der Waals surface area contributed by atoms with E-state index < -0.39 is 11.5 Å². The molecule has 4 rings (SSSR count). The largest absolute Gasteiger partial charge is 0.486 e. The van der Waals surface area contributed by atoms with E-state index in [1.165, 1.54) is 18.3 Å². The normalized spacial score (nSPS) is 17.3. The summed E-state index contributed by atoms with van der Waals surface area (Å²) in [5, 5.41) is 12.2. The van der Waals surface area contributed by atoms with Crippen LogP contribution in [-0.4, -0.2) is 35.2 Å². The first-order chi connectivity index (χ1) is 13.1. The zero-order chi connectivity index (χ0) is 18.9. The molecular formula is C20H20N2O5. The molecule has 27 heavy (non-hydrogen) atoms. The molecule has 0 radical (unpaired) electrons. The Labute approximate surface area is 156 Å². The fourth-order valence-electron chi connectivity index (χ4n) is 3.78. The van der Waals surface area contributed by atoms with Crippen molar-refractivity contribution >= 4 is 11.9 Å². The molecule has 0 spiro atoms. The molecule has 140 valence electrons. The van der Waals surface area contributed by atoms with Crippen LogP contribution in [0.2, 0.25) is 0 Å². The number of aromatic nitrogens is 1. The zero-order valence-corrected chi connectivity index (χ0v) is 14.7. The Morgan fingerprint density at radius 1 is 1.04 bits per heavy atom. The molecular weight excluding hydrogens is 348 g/mol. The summed E-state index contributed by atoms with van der Waals surface area (Å²) < 4.78 is 11.3. The van der Waals surface area contributed by atoms with Gasteiger partial charge in [-0.2, -0.15) is 0 Å². The van der Waals surface area contributed by atoms with Crippen LogP contribution in [0.1, 0.15) is 52.1 Å². The van der Waals surface area contributed by atoms with Gasteiger partial charge < -0.3 is 19.9 Å². The van der Waals surface area contributed by atoms with Gasteiger partial charge in [0.05, 0.1) is 5.54 Å². The van der Waals surface area contributed by atoms with Gasteiger partial charge in [-0.3, -0.25) is 4.79 Å². The number of hydrogen-bond acceptors (Lipinski definition) is 5.